The zero-order valence-electron chi connectivity index (χ0n) is 12.9. The van der Waals surface area contributed by atoms with Crippen molar-refractivity contribution in [1.82, 2.24) is 10.3 Å². The van der Waals surface area contributed by atoms with Gasteiger partial charge in [-0.05, 0) is 43.3 Å². The van der Waals surface area contributed by atoms with Crippen LogP contribution in [0.25, 0.3) is 10.6 Å². The lowest BCUT2D eigenvalue weighted by atomic mass is 10.1. The van der Waals surface area contributed by atoms with Gasteiger partial charge in [0.1, 0.15) is 0 Å². The number of thiophene rings is 1. The van der Waals surface area contributed by atoms with Gasteiger partial charge in [-0.15, -0.1) is 22.7 Å². The Balaban J connectivity index is 1.62. The molecule has 122 valence electrons. The van der Waals surface area contributed by atoms with Gasteiger partial charge in [0.15, 0.2) is 0 Å². The number of benzene rings is 1. The number of hydrogen-bond donors (Lipinski definition) is 2. The molecule has 3 N–H and O–H groups in total. The zero-order valence-corrected chi connectivity index (χ0v) is 14.5. The maximum Gasteiger partial charge on any atom is 0.251 e. The Bertz CT molecular complexity index is 881. The molecule has 0 spiro atoms. The molecule has 5 nitrogen and oxygen atoms in total. The lowest BCUT2D eigenvalue weighted by molar-refractivity contribution is 0.0948. The summed E-state index contributed by atoms with van der Waals surface area (Å²) in [5, 5.41) is 5.94. The zero-order chi connectivity index (χ0) is 17.1. The average Bonchev–Trinajstić information content (AvgIpc) is 3.21. The quantitative estimate of drug-likeness (QED) is 0.735. The number of carbonyl (C=O) groups excluding carboxylic acids is 2. The number of rotatable bonds is 5. The number of nitrogens with two attached hydrogens (primary N) is 1. The van der Waals surface area contributed by atoms with E-state index in [0.717, 1.165) is 20.5 Å². The van der Waals surface area contributed by atoms with Gasteiger partial charge in [0.05, 0.1) is 22.1 Å². The lowest BCUT2D eigenvalue weighted by Crippen LogP contribution is -2.22. The molecule has 0 saturated heterocycles. The highest BCUT2D eigenvalue weighted by Crippen LogP contribution is 2.28. The van der Waals surface area contributed by atoms with Crippen molar-refractivity contribution in [1.29, 1.82) is 0 Å². The SMILES string of the molecule is Cc1nc(-c2ccc(CNC(=O)c3ccc(C(N)=O)cc3)s2)cs1. The van der Waals surface area contributed by atoms with Crippen molar-refractivity contribution < 1.29 is 9.59 Å². The second-order valence-corrected chi connectivity index (χ2v) is 7.37. The highest BCUT2D eigenvalue weighted by Gasteiger charge is 2.09. The minimum Gasteiger partial charge on any atom is -0.366 e. The summed E-state index contributed by atoms with van der Waals surface area (Å²) >= 11 is 3.23. The van der Waals surface area contributed by atoms with Gasteiger partial charge in [0, 0.05) is 21.4 Å². The molecule has 0 fully saturated rings. The fraction of sp³-hybridized carbons (Fsp3) is 0.118. The van der Waals surface area contributed by atoms with Crippen LogP contribution in [0.3, 0.4) is 0 Å². The fourth-order valence-electron chi connectivity index (χ4n) is 2.14. The Hall–Kier alpha value is -2.51. The number of thiazole rings is 1. The van der Waals surface area contributed by atoms with Crippen molar-refractivity contribution >= 4 is 34.5 Å². The van der Waals surface area contributed by atoms with Crippen molar-refractivity contribution in [3.63, 3.8) is 0 Å². The predicted molar refractivity (Wildman–Crippen MR) is 96.3 cm³/mol. The average molecular weight is 357 g/mol. The molecular formula is C17H15N3O2S2. The Kier molecular flexibility index (Phi) is 4.73. The third-order valence-corrected chi connectivity index (χ3v) is 5.27. The van der Waals surface area contributed by atoms with Crippen LogP contribution in [0.5, 0.6) is 0 Å². The number of carbonyl (C=O) groups is 2. The predicted octanol–water partition coefficient (Wildman–Crippen LogP) is 3.21. The molecule has 0 radical (unpaired) electrons. The summed E-state index contributed by atoms with van der Waals surface area (Å²) in [6.07, 6.45) is 0. The molecule has 24 heavy (non-hydrogen) atoms. The Labute approximate surface area is 147 Å². The highest BCUT2D eigenvalue weighted by molar-refractivity contribution is 7.16. The van der Waals surface area contributed by atoms with Gasteiger partial charge in [-0.1, -0.05) is 0 Å². The Morgan fingerprint density at radius 3 is 2.46 bits per heavy atom. The summed E-state index contributed by atoms with van der Waals surface area (Å²) < 4.78 is 0. The second kappa shape index (κ2) is 6.94. The molecule has 0 aliphatic carbocycles. The minimum atomic E-state index is -0.509. The topological polar surface area (TPSA) is 85.1 Å². The van der Waals surface area contributed by atoms with E-state index in [2.05, 4.69) is 10.3 Å². The van der Waals surface area contributed by atoms with Crippen LogP contribution in [-0.4, -0.2) is 16.8 Å². The number of aryl methyl sites for hydroxylation is 1. The normalized spacial score (nSPS) is 10.5. The molecule has 3 aromatic rings. The maximum absolute atomic E-state index is 12.1. The number of amides is 2. The van der Waals surface area contributed by atoms with E-state index in [4.69, 9.17) is 5.73 Å². The lowest BCUT2D eigenvalue weighted by Gasteiger charge is -2.04. The number of nitrogens with zero attached hydrogens (tertiary/aromatic N) is 1. The summed E-state index contributed by atoms with van der Waals surface area (Å²) in [5.74, 6) is -0.698. The highest BCUT2D eigenvalue weighted by atomic mass is 32.1. The van der Waals surface area contributed by atoms with E-state index in [9.17, 15) is 9.59 Å². The van der Waals surface area contributed by atoms with Gasteiger partial charge < -0.3 is 11.1 Å². The number of nitrogens with one attached hydrogen (secondary N) is 1. The first-order chi connectivity index (χ1) is 11.5. The van der Waals surface area contributed by atoms with E-state index in [1.54, 1.807) is 46.9 Å². The van der Waals surface area contributed by atoms with Crippen LogP contribution in [0.15, 0.2) is 41.8 Å². The molecule has 1 aromatic carbocycles. The van der Waals surface area contributed by atoms with Crippen molar-refractivity contribution in [2.45, 2.75) is 13.5 Å². The van der Waals surface area contributed by atoms with Crippen LogP contribution in [0.4, 0.5) is 0 Å². The molecule has 3 rings (SSSR count). The van der Waals surface area contributed by atoms with Crippen molar-refractivity contribution in [2.24, 2.45) is 5.73 Å². The molecule has 7 heteroatoms. The smallest absolute Gasteiger partial charge is 0.251 e. The Morgan fingerprint density at radius 2 is 1.83 bits per heavy atom. The standard InChI is InChI=1S/C17H15N3O2S2/c1-10-20-14(9-23-10)15-7-6-13(24-15)8-19-17(22)12-4-2-11(3-5-12)16(18)21/h2-7,9H,8H2,1H3,(H2,18,21)(H,19,22). The fourth-order valence-corrected chi connectivity index (χ4v) is 3.74. The van der Waals surface area contributed by atoms with Gasteiger partial charge in [-0.3, -0.25) is 9.59 Å². The summed E-state index contributed by atoms with van der Waals surface area (Å²) in [4.78, 5) is 29.8. The molecule has 0 saturated carbocycles. The first-order valence-corrected chi connectivity index (χ1v) is 8.92. The minimum absolute atomic E-state index is 0.189. The van der Waals surface area contributed by atoms with E-state index in [0.29, 0.717) is 17.7 Å². The molecule has 2 heterocycles. The molecule has 0 unspecified atom stereocenters. The summed E-state index contributed by atoms with van der Waals surface area (Å²) in [6.45, 7) is 2.43. The molecule has 0 bridgehead atoms. The van der Waals surface area contributed by atoms with E-state index in [-0.39, 0.29) is 5.91 Å². The van der Waals surface area contributed by atoms with Gasteiger partial charge in [0.2, 0.25) is 5.91 Å². The van der Waals surface area contributed by atoms with Crippen LogP contribution < -0.4 is 11.1 Å². The van der Waals surface area contributed by atoms with Gasteiger partial charge in [-0.25, -0.2) is 4.98 Å². The van der Waals surface area contributed by atoms with Crippen LogP contribution in [-0.2, 0) is 6.54 Å². The van der Waals surface area contributed by atoms with Gasteiger partial charge in [-0.2, -0.15) is 0 Å². The van der Waals surface area contributed by atoms with E-state index in [1.807, 2.05) is 24.4 Å². The molecule has 2 aromatic heterocycles. The third kappa shape index (κ3) is 3.69. The van der Waals surface area contributed by atoms with Gasteiger partial charge in [0.25, 0.3) is 5.91 Å². The molecule has 0 aliphatic rings. The van der Waals surface area contributed by atoms with Crippen LogP contribution in [0, 0.1) is 6.92 Å². The summed E-state index contributed by atoms with van der Waals surface area (Å²) in [5.41, 5.74) is 7.03. The van der Waals surface area contributed by atoms with Crippen molar-refractivity contribution in [3.8, 4) is 10.6 Å². The van der Waals surface area contributed by atoms with Crippen LogP contribution >= 0.6 is 22.7 Å². The van der Waals surface area contributed by atoms with Crippen molar-refractivity contribution in [3.05, 3.63) is 62.8 Å². The summed E-state index contributed by atoms with van der Waals surface area (Å²) in [6, 6.07) is 10.3. The monoisotopic (exact) mass is 357 g/mol. The molecule has 0 aliphatic heterocycles. The first kappa shape index (κ1) is 16.4. The second-order valence-electron chi connectivity index (χ2n) is 5.14. The van der Waals surface area contributed by atoms with E-state index >= 15 is 0 Å². The molecule has 0 atom stereocenters. The van der Waals surface area contributed by atoms with E-state index in [1.165, 1.54) is 0 Å². The third-order valence-electron chi connectivity index (χ3n) is 3.39. The van der Waals surface area contributed by atoms with Crippen molar-refractivity contribution in [2.75, 3.05) is 0 Å². The molecule has 2 amide bonds. The Morgan fingerprint density at radius 1 is 1.12 bits per heavy atom. The van der Waals surface area contributed by atoms with Crippen LogP contribution in [0.2, 0.25) is 0 Å². The number of hydrogen-bond acceptors (Lipinski definition) is 5. The van der Waals surface area contributed by atoms with E-state index < -0.39 is 5.91 Å². The van der Waals surface area contributed by atoms with Crippen LogP contribution in [0.1, 0.15) is 30.6 Å². The molecular weight excluding hydrogens is 342 g/mol. The first-order valence-electron chi connectivity index (χ1n) is 7.22. The van der Waals surface area contributed by atoms with Gasteiger partial charge >= 0.3 is 0 Å². The maximum atomic E-state index is 12.1. The largest absolute Gasteiger partial charge is 0.366 e. The summed E-state index contributed by atoms with van der Waals surface area (Å²) in [7, 11) is 0. The number of primary amides is 1. The number of aromatic nitrogens is 1.